The molecule has 0 fully saturated rings. The summed E-state index contributed by atoms with van der Waals surface area (Å²) < 4.78 is 5.27. The van der Waals surface area contributed by atoms with Crippen LogP contribution in [0.1, 0.15) is 69.9 Å². The van der Waals surface area contributed by atoms with E-state index in [1.54, 1.807) is 6.92 Å². The first-order valence-corrected chi connectivity index (χ1v) is 13.5. The number of esters is 1. The van der Waals surface area contributed by atoms with Crippen LogP contribution in [-0.2, 0) is 32.1 Å². The summed E-state index contributed by atoms with van der Waals surface area (Å²) in [4.78, 5) is 34.0. The van der Waals surface area contributed by atoms with Crippen LogP contribution in [0.15, 0.2) is 60.7 Å². The molecule has 38 heavy (non-hydrogen) atoms. The van der Waals surface area contributed by atoms with Crippen LogP contribution >= 0.6 is 0 Å². The van der Waals surface area contributed by atoms with Crippen molar-refractivity contribution in [2.24, 2.45) is 17.4 Å². The molecule has 2 rings (SSSR count). The van der Waals surface area contributed by atoms with Gasteiger partial charge in [-0.05, 0) is 30.9 Å². The van der Waals surface area contributed by atoms with Crippen molar-refractivity contribution in [1.82, 2.24) is 5.32 Å². The Morgan fingerprint density at radius 2 is 1.45 bits per heavy atom. The maximum absolute atomic E-state index is 12.0. The fraction of sp³-hybridized carbons (Fsp3) is 0.500. The Balaban J connectivity index is 0.000000499. The fourth-order valence-electron chi connectivity index (χ4n) is 3.71. The van der Waals surface area contributed by atoms with Crippen molar-refractivity contribution < 1.29 is 24.2 Å². The Hall–Kier alpha value is -3.23. The molecule has 0 bridgehead atoms. The third-order valence-electron chi connectivity index (χ3n) is 6.17. The molecular weight excluding hydrogens is 482 g/mol. The number of rotatable bonds is 17. The van der Waals surface area contributed by atoms with Gasteiger partial charge in [-0.1, -0.05) is 106 Å². The molecular formula is C30H45N3O5. The summed E-state index contributed by atoms with van der Waals surface area (Å²) in [7, 11) is 0. The standard InChI is InChI=1S/C21H33NO4.C9H12N2O/c1-3-4-5-6-7-11-14-19(20(23)24)15-22-17(2)21(25)26-16-18-12-9-8-10-13-18;10-8(9(11)12)6-7-4-2-1-3-5-7/h8-10,12-13,17,19,22H,3-7,11,14-16H2,1-2H3,(H,23,24);1-5,8H,6,10H2,(H2,11,12)/t17?,19-;8-/m10/s1. The van der Waals surface area contributed by atoms with Crippen LogP contribution in [0.2, 0.25) is 0 Å². The second kappa shape index (κ2) is 19.8. The Kier molecular flexibility index (Phi) is 17.1. The minimum absolute atomic E-state index is 0.228. The summed E-state index contributed by atoms with van der Waals surface area (Å²) in [5, 5.41) is 12.4. The van der Waals surface area contributed by atoms with Crippen molar-refractivity contribution in [3.05, 3.63) is 71.8 Å². The molecule has 8 nitrogen and oxygen atoms in total. The quantitative estimate of drug-likeness (QED) is 0.178. The summed E-state index contributed by atoms with van der Waals surface area (Å²) in [5.74, 6) is -2.10. The SMILES string of the molecule is CCCCCCCC[C@H](CNC(C)C(=O)OCc1ccccc1)C(=O)O.NC(=O)[C@@H](N)Cc1ccccc1. The highest BCUT2D eigenvalue weighted by molar-refractivity contribution is 5.79. The van der Waals surface area contributed by atoms with Crippen LogP contribution in [0.3, 0.4) is 0 Å². The smallest absolute Gasteiger partial charge is 0.323 e. The van der Waals surface area contributed by atoms with Crippen molar-refractivity contribution >= 4 is 17.8 Å². The summed E-state index contributed by atoms with van der Waals surface area (Å²) in [5.41, 5.74) is 12.5. The first-order chi connectivity index (χ1) is 18.2. The van der Waals surface area contributed by atoms with Gasteiger partial charge >= 0.3 is 11.9 Å². The molecule has 0 aliphatic carbocycles. The van der Waals surface area contributed by atoms with Gasteiger partial charge in [-0.25, -0.2) is 0 Å². The molecule has 0 aliphatic rings. The van der Waals surface area contributed by atoms with E-state index in [4.69, 9.17) is 16.2 Å². The monoisotopic (exact) mass is 527 g/mol. The average molecular weight is 528 g/mol. The Bertz CT molecular complexity index is 924. The number of aliphatic carboxylic acids is 1. The van der Waals surface area contributed by atoms with Gasteiger partial charge in [0.1, 0.15) is 12.6 Å². The lowest BCUT2D eigenvalue weighted by Gasteiger charge is -2.17. The number of amides is 1. The van der Waals surface area contributed by atoms with E-state index in [9.17, 15) is 19.5 Å². The Morgan fingerprint density at radius 3 is 2.00 bits per heavy atom. The van der Waals surface area contributed by atoms with E-state index < -0.39 is 29.9 Å². The van der Waals surface area contributed by atoms with Gasteiger partial charge in [0.15, 0.2) is 0 Å². The molecule has 0 aromatic heterocycles. The topological polar surface area (TPSA) is 145 Å². The number of hydrogen-bond donors (Lipinski definition) is 4. The zero-order chi connectivity index (χ0) is 28.2. The van der Waals surface area contributed by atoms with Gasteiger partial charge in [-0.2, -0.15) is 0 Å². The number of nitrogens with one attached hydrogen (secondary N) is 1. The van der Waals surface area contributed by atoms with Crippen LogP contribution in [-0.4, -0.2) is 41.6 Å². The van der Waals surface area contributed by atoms with E-state index in [-0.39, 0.29) is 19.1 Å². The minimum atomic E-state index is -0.809. The van der Waals surface area contributed by atoms with E-state index in [2.05, 4.69) is 12.2 Å². The van der Waals surface area contributed by atoms with Gasteiger partial charge < -0.3 is 26.6 Å². The number of primary amides is 1. The largest absolute Gasteiger partial charge is 0.481 e. The number of carbonyl (C=O) groups is 3. The fourth-order valence-corrected chi connectivity index (χ4v) is 3.71. The minimum Gasteiger partial charge on any atom is -0.481 e. The molecule has 1 unspecified atom stereocenters. The molecule has 1 amide bonds. The Morgan fingerprint density at radius 1 is 0.895 bits per heavy atom. The summed E-state index contributed by atoms with van der Waals surface area (Å²) in [6.07, 6.45) is 7.96. The van der Waals surface area contributed by atoms with Crippen molar-refractivity contribution in [3.63, 3.8) is 0 Å². The van der Waals surface area contributed by atoms with Gasteiger partial charge in [-0.3, -0.25) is 14.4 Å². The molecule has 0 aliphatic heterocycles. The molecule has 8 heteroatoms. The van der Waals surface area contributed by atoms with E-state index in [1.807, 2.05) is 60.7 Å². The third-order valence-corrected chi connectivity index (χ3v) is 6.17. The first kappa shape index (κ1) is 32.8. The lowest BCUT2D eigenvalue weighted by atomic mass is 10.00. The highest BCUT2D eigenvalue weighted by Gasteiger charge is 2.21. The van der Waals surface area contributed by atoms with Crippen molar-refractivity contribution in [2.75, 3.05) is 6.54 Å². The van der Waals surface area contributed by atoms with Crippen LogP contribution in [0.5, 0.6) is 0 Å². The van der Waals surface area contributed by atoms with Gasteiger partial charge in [0.05, 0.1) is 12.0 Å². The maximum atomic E-state index is 12.0. The molecule has 2 aromatic rings. The molecule has 2 aromatic carbocycles. The highest BCUT2D eigenvalue weighted by Crippen LogP contribution is 2.13. The van der Waals surface area contributed by atoms with Gasteiger partial charge in [-0.15, -0.1) is 0 Å². The summed E-state index contributed by atoms with van der Waals surface area (Å²) >= 11 is 0. The number of hydrogen-bond acceptors (Lipinski definition) is 6. The van der Waals surface area contributed by atoms with Crippen LogP contribution in [0.4, 0.5) is 0 Å². The Labute approximate surface area is 227 Å². The zero-order valence-electron chi connectivity index (χ0n) is 22.8. The lowest BCUT2D eigenvalue weighted by Crippen LogP contribution is -2.40. The second-order valence-corrected chi connectivity index (χ2v) is 9.51. The molecule has 0 saturated carbocycles. The predicted molar refractivity (Wildman–Crippen MR) is 150 cm³/mol. The van der Waals surface area contributed by atoms with Crippen molar-refractivity contribution in [3.8, 4) is 0 Å². The second-order valence-electron chi connectivity index (χ2n) is 9.51. The van der Waals surface area contributed by atoms with Crippen LogP contribution in [0.25, 0.3) is 0 Å². The third kappa shape index (κ3) is 15.1. The maximum Gasteiger partial charge on any atom is 0.323 e. The molecule has 0 radical (unpaired) electrons. The number of carbonyl (C=O) groups excluding carboxylic acids is 2. The molecule has 6 N–H and O–H groups in total. The molecule has 210 valence electrons. The first-order valence-electron chi connectivity index (χ1n) is 13.5. The zero-order valence-corrected chi connectivity index (χ0v) is 22.8. The number of unbranched alkanes of at least 4 members (excludes halogenated alkanes) is 5. The van der Waals surface area contributed by atoms with Crippen LogP contribution < -0.4 is 16.8 Å². The van der Waals surface area contributed by atoms with E-state index in [0.717, 1.165) is 30.4 Å². The van der Waals surface area contributed by atoms with E-state index >= 15 is 0 Å². The van der Waals surface area contributed by atoms with E-state index in [1.165, 1.54) is 19.3 Å². The molecule has 0 spiro atoms. The average Bonchev–Trinajstić information content (AvgIpc) is 2.92. The number of benzene rings is 2. The van der Waals surface area contributed by atoms with Crippen LogP contribution in [0, 0.1) is 5.92 Å². The lowest BCUT2D eigenvalue weighted by molar-refractivity contribution is -0.148. The number of carboxylic acids is 1. The normalized spacial score (nSPS) is 12.9. The van der Waals surface area contributed by atoms with Gasteiger partial charge in [0.25, 0.3) is 0 Å². The predicted octanol–water partition coefficient (Wildman–Crippen LogP) is 4.20. The molecule has 0 heterocycles. The number of nitrogens with two attached hydrogens (primary N) is 2. The highest BCUT2D eigenvalue weighted by atomic mass is 16.5. The molecule has 3 atom stereocenters. The summed E-state index contributed by atoms with van der Waals surface area (Å²) in [6.45, 7) is 4.40. The number of carboxylic acid groups (broad SMARTS) is 1. The van der Waals surface area contributed by atoms with Crippen molar-refractivity contribution in [1.29, 1.82) is 0 Å². The molecule has 0 saturated heterocycles. The van der Waals surface area contributed by atoms with Gasteiger partial charge in [0, 0.05) is 6.54 Å². The summed E-state index contributed by atoms with van der Waals surface area (Å²) in [6, 6.07) is 18.0. The van der Waals surface area contributed by atoms with Gasteiger partial charge in [0.2, 0.25) is 5.91 Å². The van der Waals surface area contributed by atoms with Crippen molar-refractivity contribution in [2.45, 2.75) is 83.9 Å². The van der Waals surface area contributed by atoms with E-state index in [0.29, 0.717) is 12.8 Å². The number of ether oxygens (including phenoxy) is 1.